The van der Waals surface area contributed by atoms with Crippen molar-refractivity contribution in [1.82, 2.24) is 0 Å². The fourth-order valence-corrected chi connectivity index (χ4v) is 2.33. The maximum atomic E-state index is 13.3. The van der Waals surface area contributed by atoms with Crippen molar-refractivity contribution in [3.63, 3.8) is 0 Å². The largest absolute Gasteiger partial charge is 0.497 e. The molecule has 4 nitrogen and oxygen atoms in total. The third-order valence-corrected chi connectivity index (χ3v) is 3.54. The Labute approximate surface area is 133 Å². The average Bonchev–Trinajstić information content (AvgIpc) is 2.84. The Morgan fingerprint density at radius 2 is 1.91 bits per heavy atom. The van der Waals surface area contributed by atoms with E-state index in [9.17, 15) is 9.18 Å². The standard InChI is InChI=1S/C18H15FN2O2/c1-12-17(10-13-6-8-16(23-2)9-7-13)18(22)21(20-12)15-5-3-4-14(19)11-15/h3-11H,1-2H3. The molecule has 0 radical (unpaired) electrons. The first-order chi connectivity index (χ1) is 11.1. The van der Waals surface area contributed by atoms with Gasteiger partial charge in [0.1, 0.15) is 11.6 Å². The summed E-state index contributed by atoms with van der Waals surface area (Å²) in [6.45, 7) is 1.76. The van der Waals surface area contributed by atoms with Gasteiger partial charge in [0, 0.05) is 0 Å². The van der Waals surface area contributed by atoms with Gasteiger partial charge < -0.3 is 4.74 Å². The predicted octanol–water partition coefficient (Wildman–Crippen LogP) is 3.64. The highest BCUT2D eigenvalue weighted by atomic mass is 19.1. The van der Waals surface area contributed by atoms with Crippen molar-refractivity contribution in [1.29, 1.82) is 0 Å². The molecule has 0 spiro atoms. The van der Waals surface area contributed by atoms with Crippen LogP contribution >= 0.6 is 0 Å². The van der Waals surface area contributed by atoms with Crippen molar-refractivity contribution >= 4 is 23.4 Å². The molecule has 1 heterocycles. The van der Waals surface area contributed by atoms with Crippen LogP contribution in [0.2, 0.25) is 0 Å². The normalized spacial score (nSPS) is 16.0. The number of carbonyl (C=O) groups excluding carboxylic acids is 1. The molecule has 2 aromatic rings. The Bertz CT molecular complexity index is 810. The first kappa shape index (κ1) is 15.0. The minimum absolute atomic E-state index is 0.274. The molecule has 0 bridgehead atoms. The van der Waals surface area contributed by atoms with Crippen molar-refractivity contribution in [3.8, 4) is 5.75 Å². The number of methoxy groups -OCH3 is 1. The number of benzene rings is 2. The molecule has 0 aromatic heterocycles. The molecule has 0 unspecified atom stereocenters. The molecule has 1 aliphatic rings. The fourth-order valence-electron chi connectivity index (χ4n) is 2.33. The molecule has 116 valence electrons. The van der Waals surface area contributed by atoms with Gasteiger partial charge in [-0.05, 0) is 48.9 Å². The maximum Gasteiger partial charge on any atom is 0.280 e. The van der Waals surface area contributed by atoms with E-state index in [-0.39, 0.29) is 5.91 Å². The van der Waals surface area contributed by atoms with Gasteiger partial charge in [0.2, 0.25) is 0 Å². The Kier molecular flexibility index (Phi) is 3.93. The van der Waals surface area contributed by atoms with Crippen molar-refractivity contribution in [3.05, 3.63) is 65.5 Å². The number of amides is 1. The summed E-state index contributed by atoms with van der Waals surface area (Å²) >= 11 is 0. The zero-order chi connectivity index (χ0) is 16.4. The molecule has 0 atom stereocenters. The Morgan fingerprint density at radius 1 is 1.17 bits per heavy atom. The van der Waals surface area contributed by atoms with Gasteiger partial charge in [-0.15, -0.1) is 0 Å². The lowest BCUT2D eigenvalue weighted by Gasteiger charge is -2.11. The Morgan fingerprint density at radius 3 is 2.57 bits per heavy atom. The van der Waals surface area contributed by atoms with Gasteiger partial charge >= 0.3 is 0 Å². The molecule has 0 fully saturated rings. The molecule has 1 amide bonds. The Hall–Kier alpha value is -2.95. The molecule has 5 heteroatoms. The van der Waals surface area contributed by atoms with Gasteiger partial charge in [0.05, 0.1) is 24.1 Å². The molecular formula is C18H15FN2O2. The van der Waals surface area contributed by atoms with Crippen LogP contribution in [0.5, 0.6) is 5.75 Å². The summed E-state index contributed by atoms with van der Waals surface area (Å²) in [5.74, 6) is 0.0660. The van der Waals surface area contributed by atoms with Crippen LogP contribution in [0.1, 0.15) is 12.5 Å². The van der Waals surface area contributed by atoms with E-state index in [1.807, 2.05) is 24.3 Å². The highest BCUT2D eigenvalue weighted by Gasteiger charge is 2.28. The van der Waals surface area contributed by atoms with Gasteiger partial charge in [-0.25, -0.2) is 4.39 Å². The molecule has 1 aliphatic heterocycles. The second-order valence-electron chi connectivity index (χ2n) is 5.11. The van der Waals surface area contributed by atoms with Crippen LogP contribution in [-0.2, 0) is 4.79 Å². The first-order valence-corrected chi connectivity index (χ1v) is 7.10. The zero-order valence-electron chi connectivity index (χ0n) is 12.8. The van der Waals surface area contributed by atoms with Crippen LogP contribution < -0.4 is 9.75 Å². The van der Waals surface area contributed by atoms with Crippen molar-refractivity contribution < 1.29 is 13.9 Å². The van der Waals surface area contributed by atoms with E-state index in [0.717, 1.165) is 11.3 Å². The lowest BCUT2D eigenvalue weighted by atomic mass is 10.1. The molecule has 0 saturated carbocycles. The van der Waals surface area contributed by atoms with E-state index < -0.39 is 5.82 Å². The summed E-state index contributed by atoms with van der Waals surface area (Å²) in [5, 5.41) is 5.45. The third-order valence-electron chi connectivity index (χ3n) is 3.54. The van der Waals surface area contributed by atoms with E-state index in [1.165, 1.54) is 17.1 Å². The van der Waals surface area contributed by atoms with Crippen LogP contribution in [0, 0.1) is 5.82 Å². The second-order valence-corrected chi connectivity index (χ2v) is 5.11. The minimum atomic E-state index is -0.407. The minimum Gasteiger partial charge on any atom is -0.497 e. The molecule has 3 rings (SSSR count). The van der Waals surface area contributed by atoms with Gasteiger partial charge in [-0.2, -0.15) is 10.1 Å². The van der Waals surface area contributed by atoms with E-state index in [2.05, 4.69) is 5.10 Å². The molecule has 23 heavy (non-hydrogen) atoms. The van der Waals surface area contributed by atoms with E-state index in [0.29, 0.717) is 17.0 Å². The summed E-state index contributed by atoms with van der Waals surface area (Å²) in [7, 11) is 1.60. The third kappa shape index (κ3) is 2.99. The lowest BCUT2D eigenvalue weighted by molar-refractivity contribution is -0.114. The SMILES string of the molecule is COc1ccc(C=C2C(=O)N(c3cccc(F)c3)N=C2C)cc1. The highest BCUT2D eigenvalue weighted by molar-refractivity contribution is 6.32. The molecular weight excluding hydrogens is 295 g/mol. The molecule has 0 aliphatic carbocycles. The lowest BCUT2D eigenvalue weighted by Crippen LogP contribution is -2.21. The molecule has 2 aromatic carbocycles. The number of hydrazone groups is 1. The van der Waals surface area contributed by atoms with Crippen LogP contribution in [0.4, 0.5) is 10.1 Å². The number of halogens is 1. The number of hydrogen-bond donors (Lipinski definition) is 0. The first-order valence-electron chi connectivity index (χ1n) is 7.10. The quantitative estimate of drug-likeness (QED) is 0.812. The summed E-state index contributed by atoms with van der Waals surface area (Å²) < 4.78 is 18.5. The van der Waals surface area contributed by atoms with Crippen molar-refractivity contribution in [2.75, 3.05) is 12.1 Å². The van der Waals surface area contributed by atoms with E-state index >= 15 is 0 Å². The van der Waals surface area contributed by atoms with Gasteiger partial charge in [0.15, 0.2) is 0 Å². The zero-order valence-corrected chi connectivity index (χ0v) is 12.8. The van der Waals surface area contributed by atoms with E-state index in [4.69, 9.17) is 4.74 Å². The monoisotopic (exact) mass is 310 g/mol. The fraction of sp³-hybridized carbons (Fsp3) is 0.111. The summed E-state index contributed by atoms with van der Waals surface area (Å²) in [4.78, 5) is 12.6. The van der Waals surface area contributed by atoms with Gasteiger partial charge in [-0.1, -0.05) is 18.2 Å². The summed E-state index contributed by atoms with van der Waals surface area (Å²) in [6.07, 6.45) is 1.76. The smallest absolute Gasteiger partial charge is 0.280 e. The number of anilines is 1. The second kappa shape index (κ2) is 6.04. The maximum absolute atomic E-state index is 13.3. The van der Waals surface area contributed by atoms with Crippen molar-refractivity contribution in [2.24, 2.45) is 5.10 Å². The van der Waals surface area contributed by atoms with Gasteiger partial charge in [0.25, 0.3) is 5.91 Å². The van der Waals surface area contributed by atoms with Crippen LogP contribution in [0.15, 0.2) is 59.2 Å². The topological polar surface area (TPSA) is 41.9 Å². The number of carbonyl (C=O) groups is 1. The Balaban J connectivity index is 1.91. The number of hydrogen-bond acceptors (Lipinski definition) is 3. The predicted molar refractivity (Wildman–Crippen MR) is 88.0 cm³/mol. The van der Waals surface area contributed by atoms with Crippen LogP contribution in [0.25, 0.3) is 6.08 Å². The molecule has 0 N–H and O–H groups in total. The van der Waals surface area contributed by atoms with Crippen LogP contribution in [-0.4, -0.2) is 18.7 Å². The van der Waals surface area contributed by atoms with Crippen LogP contribution in [0.3, 0.4) is 0 Å². The number of rotatable bonds is 3. The highest BCUT2D eigenvalue weighted by Crippen LogP contribution is 2.25. The summed E-state index contributed by atoms with van der Waals surface area (Å²) in [6, 6.07) is 13.2. The number of ether oxygens (including phenoxy) is 1. The summed E-state index contributed by atoms with van der Waals surface area (Å²) in [5.41, 5.74) is 2.35. The van der Waals surface area contributed by atoms with Crippen molar-refractivity contribution in [2.45, 2.75) is 6.92 Å². The van der Waals surface area contributed by atoms with E-state index in [1.54, 1.807) is 32.2 Å². The number of nitrogens with zero attached hydrogens (tertiary/aromatic N) is 2. The average molecular weight is 310 g/mol. The molecule has 0 saturated heterocycles. The van der Waals surface area contributed by atoms with Gasteiger partial charge in [-0.3, -0.25) is 4.79 Å².